The van der Waals surface area contributed by atoms with E-state index in [2.05, 4.69) is 4.90 Å². The van der Waals surface area contributed by atoms with Crippen molar-refractivity contribution in [3.8, 4) is 23.0 Å². The molecule has 1 amide bonds. The summed E-state index contributed by atoms with van der Waals surface area (Å²) < 4.78 is 21.5. The first kappa shape index (κ1) is 20.8. The number of nitrogens with zero attached hydrogens (tertiary/aromatic N) is 2. The van der Waals surface area contributed by atoms with Gasteiger partial charge in [0.2, 0.25) is 0 Å². The lowest BCUT2D eigenvalue weighted by Crippen LogP contribution is -2.49. The molecule has 1 saturated heterocycles. The molecule has 1 aliphatic rings. The molecule has 0 spiro atoms. The van der Waals surface area contributed by atoms with E-state index in [1.165, 1.54) is 0 Å². The van der Waals surface area contributed by atoms with Gasteiger partial charge in [-0.15, -0.1) is 0 Å². The molecule has 0 N–H and O–H groups in total. The lowest BCUT2D eigenvalue weighted by atomic mass is 10.1. The Labute approximate surface area is 171 Å². The van der Waals surface area contributed by atoms with Gasteiger partial charge in [-0.25, -0.2) is 0 Å². The molecule has 0 saturated carbocycles. The second-order valence-electron chi connectivity index (χ2n) is 6.80. The fourth-order valence-electron chi connectivity index (χ4n) is 3.31. The standard InChI is InChI=1S/C22H28N2O5/c1-26-18-4-6-19(7-5-18)29-16-22(25)24-12-10-23(11-13-24)15-17-14-20(27-2)8-9-21(17)28-3/h4-9,14H,10-13,15-16H2,1-3H3. The number of piperazine rings is 1. The molecular weight excluding hydrogens is 372 g/mol. The third-order valence-electron chi connectivity index (χ3n) is 5.03. The molecule has 7 nitrogen and oxygen atoms in total. The highest BCUT2D eigenvalue weighted by Gasteiger charge is 2.22. The van der Waals surface area contributed by atoms with E-state index in [0.717, 1.165) is 42.4 Å². The molecule has 1 heterocycles. The molecular formula is C22H28N2O5. The summed E-state index contributed by atoms with van der Waals surface area (Å²) in [5.41, 5.74) is 1.08. The first-order valence-electron chi connectivity index (χ1n) is 9.61. The van der Waals surface area contributed by atoms with Crippen LogP contribution in [0.5, 0.6) is 23.0 Å². The Balaban J connectivity index is 1.48. The molecule has 29 heavy (non-hydrogen) atoms. The lowest BCUT2D eigenvalue weighted by molar-refractivity contribution is -0.135. The van der Waals surface area contributed by atoms with Gasteiger partial charge in [0.05, 0.1) is 21.3 Å². The van der Waals surface area contributed by atoms with Gasteiger partial charge in [-0.1, -0.05) is 0 Å². The summed E-state index contributed by atoms with van der Waals surface area (Å²) >= 11 is 0. The van der Waals surface area contributed by atoms with E-state index in [-0.39, 0.29) is 12.5 Å². The number of carbonyl (C=O) groups excluding carboxylic acids is 1. The SMILES string of the molecule is COc1ccc(OCC(=O)N2CCN(Cc3cc(OC)ccc3OC)CC2)cc1. The van der Waals surface area contributed by atoms with E-state index in [1.54, 1.807) is 33.5 Å². The molecule has 7 heteroatoms. The third kappa shape index (κ3) is 5.54. The molecule has 0 bridgehead atoms. The summed E-state index contributed by atoms with van der Waals surface area (Å²) in [6.07, 6.45) is 0. The number of rotatable bonds is 8. The van der Waals surface area contributed by atoms with E-state index >= 15 is 0 Å². The molecule has 1 fully saturated rings. The van der Waals surface area contributed by atoms with Gasteiger partial charge in [-0.2, -0.15) is 0 Å². The number of benzene rings is 2. The predicted molar refractivity (Wildman–Crippen MR) is 110 cm³/mol. The molecule has 0 atom stereocenters. The number of amides is 1. The Hall–Kier alpha value is -2.93. The first-order valence-corrected chi connectivity index (χ1v) is 9.61. The second-order valence-corrected chi connectivity index (χ2v) is 6.80. The normalized spacial score (nSPS) is 14.4. The van der Waals surface area contributed by atoms with Crippen LogP contribution in [0.25, 0.3) is 0 Å². The largest absolute Gasteiger partial charge is 0.497 e. The number of hydrogen-bond donors (Lipinski definition) is 0. The smallest absolute Gasteiger partial charge is 0.260 e. The highest BCUT2D eigenvalue weighted by atomic mass is 16.5. The topological polar surface area (TPSA) is 60.5 Å². The predicted octanol–water partition coefficient (Wildman–Crippen LogP) is 2.44. The van der Waals surface area contributed by atoms with Crippen LogP contribution in [0.15, 0.2) is 42.5 Å². The minimum atomic E-state index is -0.000529. The Morgan fingerprint density at radius 1 is 0.828 bits per heavy atom. The maximum absolute atomic E-state index is 12.5. The zero-order valence-electron chi connectivity index (χ0n) is 17.2. The van der Waals surface area contributed by atoms with Gasteiger partial charge in [0.15, 0.2) is 6.61 Å². The highest BCUT2D eigenvalue weighted by Crippen LogP contribution is 2.25. The number of carbonyl (C=O) groups is 1. The summed E-state index contributed by atoms with van der Waals surface area (Å²) in [6, 6.07) is 13.0. The van der Waals surface area contributed by atoms with Crippen LogP contribution in [0.4, 0.5) is 0 Å². The maximum Gasteiger partial charge on any atom is 0.260 e. The van der Waals surface area contributed by atoms with Gasteiger partial charge in [0.25, 0.3) is 5.91 Å². The summed E-state index contributed by atoms with van der Waals surface area (Å²) in [4.78, 5) is 16.6. The van der Waals surface area contributed by atoms with Crippen molar-refractivity contribution in [1.29, 1.82) is 0 Å². The van der Waals surface area contributed by atoms with Crippen molar-refractivity contribution in [2.75, 3.05) is 54.1 Å². The molecule has 1 aliphatic heterocycles. The van der Waals surface area contributed by atoms with Crippen LogP contribution < -0.4 is 18.9 Å². The van der Waals surface area contributed by atoms with Crippen molar-refractivity contribution in [2.45, 2.75) is 6.54 Å². The average Bonchev–Trinajstić information content (AvgIpc) is 2.78. The second kappa shape index (κ2) is 10.0. The summed E-state index contributed by atoms with van der Waals surface area (Å²) in [6.45, 7) is 3.75. The van der Waals surface area contributed by atoms with Gasteiger partial charge < -0.3 is 23.8 Å². The first-order chi connectivity index (χ1) is 14.1. The number of hydrogen-bond acceptors (Lipinski definition) is 6. The van der Waals surface area contributed by atoms with E-state index < -0.39 is 0 Å². The maximum atomic E-state index is 12.5. The minimum Gasteiger partial charge on any atom is -0.497 e. The molecule has 0 aromatic heterocycles. The van der Waals surface area contributed by atoms with Crippen molar-refractivity contribution >= 4 is 5.91 Å². The molecule has 2 aromatic carbocycles. The number of methoxy groups -OCH3 is 3. The zero-order valence-corrected chi connectivity index (χ0v) is 17.2. The van der Waals surface area contributed by atoms with Gasteiger partial charge in [0.1, 0.15) is 23.0 Å². The van der Waals surface area contributed by atoms with E-state index in [0.29, 0.717) is 18.8 Å². The van der Waals surface area contributed by atoms with Crippen molar-refractivity contribution in [1.82, 2.24) is 9.80 Å². The van der Waals surface area contributed by atoms with Gasteiger partial charge >= 0.3 is 0 Å². The van der Waals surface area contributed by atoms with Crippen molar-refractivity contribution in [2.24, 2.45) is 0 Å². The fourth-order valence-corrected chi connectivity index (χ4v) is 3.31. The van der Waals surface area contributed by atoms with E-state index in [9.17, 15) is 4.79 Å². The monoisotopic (exact) mass is 400 g/mol. The number of ether oxygens (including phenoxy) is 4. The summed E-state index contributed by atoms with van der Waals surface area (Å²) in [5.74, 6) is 3.07. The molecule has 3 rings (SSSR count). The summed E-state index contributed by atoms with van der Waals surface area (Å²) in [7, 11) is 4.94. The Bertz CT molecular complexity index is 801. The minimum absolute atomic E-state index is 0.000529. The summed E-state index contributed by atoms with van der Waals surface area (Å²) in [5, 5.41) is 0. The highest BCUT2D eigenvalue weighted by molar-refractivity contribution is 5.77. The molecule has 2 aromatic rings. The van der Waals surface area contributed by atoms with Gasteiger partial charge in [-0.3, -0.25) is 9.69 Å². The van der Waals surface area contributed by atoms with Gasteiger partial charge in [0, 0.05) is 38.3 Å². The van der Waals surface area contributed by atoms with Crippen LogP contribution in [-0.2, 0) is 11.3 Å². The molecule has 0 radical (unpaired) electrons. The van der Waals surface area contributed by atoms with Crippen molar-refractivity contribution in [3.63, 3.8) is 0 Å². The molecule has 0 unspecified atom stereocenters. The van der Waals surface area contributed by atoms with Crippen LogP contribution in [0.3, 0.4) is 0 Å². The average molecular weight is 400 g/mol. The van der Waals surface area contributed by atoms with E-state index in [4.69, 9.17) is 18.9 Å². The molecule has 156 valence electrons. The van der Waals surface area contributed by atoms with Gasteiger partial charge in [-0.05, 0) is 42.5 Å². The van der Waals surface area contributed by atoms with E-state index in [1.807, 2.05) is 35.2 Å². The lowest BCUT2D eigenvalue weighted by Gasteiger charge is -2.35. The van der Waals surface area contributed by atoms with Crippen LogP contribution in [0.2, 0.25) is 0 Å². The Morgan fingerprint density at radius 3 is 2.07 bits per heavy atom. The van der Waals surface area contributed by atoms with Crippen LogP contribution in [0, 0.1) is 0 Å². The molecule has 0 aliphatic carbocycles. The fraction of sp³-hybridized carbons (Fsp3) is 0.409. The van der Waals surface area contributed by atoms with Crippen LogP contribution in [-0.4, -0.2) is 69.8 Å². The third-order valence-corrected chi connectivity index (χ3v) is 5.03. The van der Waals surface area contributed by atoms with Crippen molar-refractivity contribution in [3.05, 3.63) is 48.0 Å². The Kier molecular flexibility index (Phi) is 7.19. The quantitative estimate of drug-likeness (QED) is 0.678. The van der Waals surface area contributed by atoms with Crippen molar-refractivity contribution < 1.29 is 23.7 Å². The van der Waals surface area contributed by atoms with Crippen LogP contribution >= 0.6 is 0 Å². The van der Waals surface area contributed by atoms with Crippen LogP contribution in [0.1, 0.15) is 5.56 Å². The Morgan fingerprint density at radius 2 is 1.45 bits per heavy atom. The zero-order chi connectivity index (χ0) is 20.6.